The summed E-state index contributed by atoms with van der Waals surface area (Å²) in [6, 6.07) is 6.31. The van der Waals surface area contributed by atoms with E-state index in [0.29, 0.717) is 0 Å². The second-order valence-electron chi connectivity index (χ2n) is 3.58. The van der Waals surface area contributed by atoms with Crippen LogP contribution in [0, 0.1) is 11.7 Å². The first-order chi connectivity index (χ1) is 7.54. The van der Waals surface area contributed by atoms with Crippen molar-refractivity contribution < 1.29 is 9.18 Å². The fraction of sp³-hybridized carbons (Fsp3) is 0.364. The Kier molecular flexibility index (Phi) is 4.76. The molecular weight excluding hydrogens is 227 g/mol. The Hall–Kier alpha value is -1.07. The maximum atomic E-state index is 12.9. The molecule has 0 heterocycles. The van der Waals surface area contributed by atoms with Gasteiger partial charge in [-0.15, -0.1) is 11.8 Å². The molecule has 0 saturated heterocycles. The van der Waals surface area contributed by atoms with Gasteiger partial charge in [-0.3, -0.25) is 10.2 Å². The van der Waals surface area contributed by atoms with Crippen molar-refractivity contribution in [1.29, 1.82) is 0 Å². The molecule has 0 radical (unpaired) electrons. The summed E-state index contributed by atoms with van der Waals surface area (Å²) in [4.78, 5) is 12.1. The van der Waals surface area contributed by atoms with Crippen LogP contribution >= 0.6 is 11.8 Å². The van der Waals surface area contributed by atoms with Gasteiger partial charge >= 0.3 is 0 Å². The minimum Gasteiger partial charge on any atom is -0.294 e. The number of halogens is 1. The van der Waals surface area contributed by atoms with E-state index >= 15 is 0 Å². The van der Waals surface area contributed by atoms with E-state index in [0.717, 1.165) is 4.90 Å². The molecule has 16 heavy (non-hydrogen) atoms. The summed E-state index contributed by atoms with van der Waals surface area (Å²) in [5.41, 5.74) is 2.12. The maximum absolute atomic E-state index is 12.9. The highest BCUT2D eigenvalue weighted by Crippen LogP contribution is 2.28. The molecule has 2 atom stereocenters. The SMILES string of the molecule is CC(Sc1cccc(F)c1)C(C)C(=O)NN. The zero-order chi connectivity index (χ0) is 12.1. The van der Waals surface area contributed by atoms with E-state index in [1.165, 1.54) is 23.9 Å². The quantitative estimate of drug-likeness (QED) is 0.367. The first-order valence-corrected chi connectivity index (χ1v) is 5.85. The number of hydrazine groups is 1. The van der Waals surface area contributed by atoms with E-state index in [-0.39, 0.29) is 22.9 Å². The molecule has 1 aromatic carbocycles. The average Bonchev–Trinajstić information content (AvgIpc) is 2.27. The van der Waals surface area contributed by atoms with Crippen molar-refractivity contribution in [3.63, 3.8) is 0 Å². The third-order valence-electron chi connectivity index (χ3n) is 2.38. The van der Waals surface area contributed by atoms with Gasteiger partial charge in [-0.2, -0.15) is 0 Å². The molecule has 0 aliphatic heterocycles. The Labute approximate surface area is 98.6 Å². The van der Waals surface area contributed by atoms with Gasteiger partial charge in [0, 0.05) is 16.1 Å². The van der Waals surface area contributed by atoms with Crippen molar-refractivity contribution in [2.24, 2.45) is 11.8 Å². The fourth-order valence-electron chi connectivity index (χ4n) is 1.20. The summed E-state index contributed by atoms with van der Waals surface area (Å²) in [7, 11) is 0. The van der Waals surface area contributed by atoms with Gasteiger partial charge in [-0.05, 0) is 18.2 Å². The molecule has 5 heteroatoms. The summed E-state index contributed by atoms with van der Waals surface area (Å²) in [6.45, 7) is 3.70. The highest BCUT2D eigenvalue weighted by atomic mass is 32.2. The van der Waals surface area contributed by atoms with Gasteiger partial charge in [0.05, 0.1) is 0 Å². The van der Waals surface area contributed by atoms with E-state index < -0.39 is 0 Å². The van der Waals surface area contributed by atoms with Crippen molar-refractivity contribution in [1.82, 2.24) is 5.43 Å². The second kappa shape index (κ2) is 5.86. The van der Waals surface area contributed by atoms with Crippen molar-refractivity contribution >= 4 is 17.7 Å². The van der Waals surface area contributed by atoms with Gasteiger partial charge in [0.15, 0.2) is 0 Å². The molecule has 3 nitrogen and oxygen atoms in total. The number of thioether (sulfide) groups is 1. The Bertz CT molecular complexity index is 373. The lowest BCUT2D eigenvalue weighted by atomic mass is 10.1. The number of rotatable bonds is 4. The number of nitrogens with one attached hydrogen (secondary N) is 1. The first-order valence-electron chi connectivity index (χ1n) is 4.97. The molecule has 1 aromatic rings. The molecule has 1 rings (SSSR count). The Morgan fingerprint density at radius 3 is 2.75 bits per heavy atom. The lowest BCUT2D eigenvalue weighted by Crippen LogP contribution is -2.38. The molecule has 0 aliphatic rings. The number of benzene rings is 1. The standard InChI is InChI=1S/C11H15FN2OS/c1-7(11(15)14-13)8(2)16-10-5-3-4-9(12)6-10/h3-8H,13H2,1-2H3,(H,14,15). The highest BCUT2D eigenvalue weighted by molar-refractivity contribution is 8.00. The van der Waals surface area contributed by atoms with Gasteiger partial charge in [-0.1, -0.05) is 19.9 Å². The molecule has 0 fully saturated rings. The fourth-order valence-corrected chi connectivity index (χ4v) is 2.30. The van der Waals surface area contributed by atoms with Crippen LogP contribution in [-0.2, 0) is 4.79 Å². The summed E-state index contributed by atoms with van der Waals surface area (Å²) in [6.07, 6.45) is 0. The molecule has 0 bridgehead atoms. The molecule has 0 aliphatic carbocycles. The summed E-state index contributed by atoms with van der Waals surface area (Å²) in [5, 5.41) is 0.0327. The van der Waals surface area contributed by atoms with Gasteiger partial charge in [-0.25, -0.2) is 10.2 Å². The maximum Gasteiger partial charge on any atom is 0.237 e. The first kappa shape index (κ1) is 13.0. The number of hydrogen-bond acceptors (Lipinski definition) is 3. The van der Waals surface area contributed by atoms with Gasteiger partial charge in [0.1, 0.15) is 5.82 Å². The number of hydrogen-bond donors (Lipinski definition) is 2. The predicted octanol–water partition coefficient (Wildman–Crippen LogP) is 1.93. The van der Waals surface area contributed by atoms with Crippen LogP contribution in [-0.4, -0.2) is 11.2 Å². The number of carbonyl (C=O) groups excluding carboxylic acids is 1. The molecule has 88 valence electrons. The van der Waals surface area contributed by atoms with Crippen molar-refractivity contribution in [3.05, 3.63) is 30.1 Å². The van der Waals surface area contributed by atoms with E-state index in [4.69, 9.17) is 5.84 Å². The van der Waals surface area contributed by atoms with Crippen LogP contribution in [0.15, 0.2) is 29.2 Å². The average molecular weight is 242 g/mol. The lowest BCUT2D eigenvalue weighted by molar-refractivity contribution is -0.124. The minimum atomic E-state index is -0.270. The third kappa shape index (κ3) is 3.50. The molecule has 0 spiro atoms. The van der Waals surface area contributed by atoms with Crippen LogP contribution in [0.2, 0.25) is 0 Å². The summed E-state index contributed by atoms with van der Waals surface area (Å²) in [5.74, 6) is 4.35. The number of amides is 1. The van der Waals surface area contributed by atoms with Gasteiger partial charge < -0.3 is 0 Å². The zero-order valence-electron chi connectivity index (χ0n) is 9.24. The van der Waals surface area contributed by atoms with Crippen molar-refractivity contribution in [2.45, 2.75) is 24.0 Å². The number of nitrogens with two attached hydrogens (primary N) is 1. The van der Waals surface area contributed by atoms with Crippen LogP contribution in [0.4, 0.5) is 4.39 Å². The summed E-state index contributed by atoms with van der Waals surface area (Å²) < 4.78 is 12.9. The monoisotopic (exact) mass is 242 g/mol. The van der Waals surface area contributed by atoms with Crippen LogP contribution < -0.4 is 11.3 Å². The molecule has 0 aromatic heterocycles. The zero-order valence-corrected chi connectivity index (χ0v) is 10.1. The van der Waals surface area contributed by atoms with E-state index in [2.05, 4.69) is 5.43 Å². The van der Waals surface area contributed by atoms with Crippen LogP contribution in [0.3, 0.4) is 0 Å². The lowest BCUT2D eigenvalue weighted by Gasteiger charge is -2.17. The van der Waals surface area contributed by atoms with Crippen LogP contribution in [0.1, 0.15) is 13.8 Å². The smallest absolute Gasteiger partial charge is 0.237 e. The molecule has 2 unspecified atom stereocenters. The number of carbonyl (C=O) groups is 1. The molecule has 3 N–H and O–H groups in total. The van der Waals surface area contributed by atoms with Gasteiger partial charge in [0.25, 0.3) is 0 Å². The van der Waals surface area contributed by atoms with Crippen LogP contribution in [0.25, 0.3) is 0 Å². The highest BCUT2D eigenvalue weighted by Gasteiger charge is 2.20. The third-order valence-corrected chi connectivity index (χ3v) is 3.68. The topological polar surface area (TPSA) is 55.1 Å². The Balaban J connectivity index is 2.64. The minimum absolute atomic E-state index is 0.0327. The van der Waals surface area contributed by atoms with E-state index in [1.54, 1.807) is 13.0 Å². The molecular formula is C11H15FN2OS. The Morgan fingerprint density at radius 2 is 2.19 bits per heavy atom. The molecule has 1 amide bonds. The van der Waals surface area contributed by atoms with E-state index in [1.807, 2.05) is 13.0 Å². The van der Waals surface area contributed by atoms with Crippen LogP contribution in [0.5, 0.6) is 0 Å². The van der Waals surface area contributed by atoms with Crippen molar-refractivity contribution in [3.8, 4) is 0 Å². The summed E-state index contributed by atoms with van der Waals surface area (Å²) >= 11 is 1.45. The largest absolute Gasteiger partial charge is 0.294 e. The second-order valence-corrected chi connectivity index (χ2v) is 5.03. The van der Waals surface area contributed by atoms with E-state index in [9.17, 15) is 9.18 Å². The van der Waals surface area contributed by atoms with Gasteiger partial charge in [0.2, 0.25) is 5.91 Å². The Morgan fingerprint density at radius 1 is 1.50 bits per heavy atom. The molecule has 0 saturated carbocycles. The van der Waals surface area contributed by atoms with Crippen molar-refractivity contribution in [2.75, 3.05) is 0 Å². The normalized spacial score (nSPS) is 14.2. The predicted molar refractivity (Wildman–Crippen MR) is 63.2 cm³/mol.